The maximum Gasteiger partial charge on any atom is 0.308 e. The molecular weight excluding hydrogens is 300 g/mol. The normalized spacial score (nSPS) is 11.4. The van der Waals surface area contributed by atoms with E-state index in [1.807, 2.05) is 20.8 Å². The molecule has 124 valence electrons. The van der Waals surface area contributed by atoms with Crippen LogP contribution in [-0.4, -0.2) is 56.5 Å². The van der Waals surface area contributed by atoms with E-state index in [9.17, 15) is 9.59 Å². The summed E-state index contributed by atoms with van der Waals surface area (Å²) < 4.78 is 20.7. The second-order valence-corrected chi connectivity index (χ2v) is 5.70. The second kappa shape index (κ2) is 11.9. The lowest BCUT2D eigenvalue weighted by Gasteiger charge is -2.19. The summed E-state index contributed by atoms with van der Waals surface area (Å²) in [4.78, 5) is 21.8. The molecule has 6 nitrogen and oxygen atoms in total. The third-order valence-corrected chi connectivity index (χ3v) is 2.25. The number of ether oxygens (including phenoxy) is 4. The van der Waals surface area contributed by atoms with Crippen LogP contribution < -0.4 is 0 Å². The third-order valence-electron chi connectivity index (χ3n) is 2.06. The van der Waals surface area contributed by atoms with E-state index in [0.717, 1.165) is 0 Å². The van der Waals surface area contributed by atoms with Crippen LogP contribution in [0.15, 0.2) is 0 Å². The Morgan fingerprint density at radius 1 is 0.810 bits per heavy atom. The minimum Gasteiger partial charge on any atom is -0.460 e. The van der Waals surface area contributed by atoms with Crippen molar-refractivity contribution in [3.8, 4) is 0 Å². The molecule has 0 bridgehead atoms. The Kier molecular flexibility index (Phi) is 11.5. The monoisotopic (exact) mass is 324 g/mol. The molecule has 0 N–H and O–H groups in total. The fourth-order valence-electron chi connectivity index (χ4n) is 1.24. The van der Waals surface area contributed by atoms with Gasteiger partial charge in [0.15, 0.2) is 0 Å². The molecule has 0 aliphatic rings. The topological polar surface area (TPSA) is 71.1 Å². The lowest BCUT2D eigenvalue weighted by Crippen LogP contribution is -2.24. The van der Waals surface area contributed by atoms with Gasteiger partial charge >= 0.3 is 5.97 Å². The molecule has 7 heteroatoms. The molecular formula is C14H25ClO6. The molecule has 0 aromatic heterocycles. The number of esters is 1. The van der Waals surface area contributed by atoms with Crippen molar-refractivity contribution < 1.29 is 28.5 Å². The molecule has 0 fully saturated rings. The maximum atomic E-state index is 11.4. The number of carbonyl (C=O) groups is 2. The van der Waals surface area contributed by atoms with Gasteiger partial charge in [-0.15, -0.1) is 0 Å². The highest BCUT2D eigenvalue weighted by Gasteiger charge is 2.15. The van der Waals surface area contributed by atoms with E-state index in [2.05, 4.69) is 0 Å². The van der Waals surface area contributed by atoms with Gasteiger partial charge in [0.05, 0.1) is 46.1 Å². The fraction of sp³-hybridized carbons (Fsp3) is 0.857. The Balaban J connectivity index is 3.22. The maximum absolute atomic E-state index is 11.4. The number of hydrogen-bond donors (Lipinski definition) is 0. The highest BCUT2D eigenvalue weighted by molar-refractivity contribution is 6.63. The van der Waals surface area contributed by atoms with Gasteiger partial charge in [-0.2, -0.15) is 0 Å². The molecule has 0 saturated heterocycles. The Labute approximate surface area is 131 Å². The molecule has 0 unspecified atom stereocenters. The van der Waals surface area contributed by atoms with Gasteiger partial charge in [-0.1, -0.05) is 0 Å². The number of hydrogen-bond acceptors (Lipinski definition) is 6. The smallest absolute Gasteiger partial charge is 0.308 e. The first-order valence-corrected chi connectivity index (χ1v) is 7.32. The fourth-order valence-corrected chi connectivity index (χ4v) is 1.32. The molecule has 0 rings (SSSR count). The zero-order valence-electron chi connectivity index (χ0n) is 13.0. The molecule has 0 aromatic carbocycles. The summed E-state index contributed by atoms with van der Waals surface area (Å²) in [5.74, 6) is -0.273. The molecule has 0 spiro atoms. The first kappa shape index (κ1) is 20.3. The lowest BCUT2D eigenvalue weighted by atomic mass is 10.2. The van der Waals surface area contributed by atoms with Crippen molar-refractivity contribution in [2.75, 3.05) is 39.6 Å². The van der Waals surface area contributed by atoms with Crippen LogP contribution >= 0.6 is 11.6 Å². The Hall–Kier alpha value is -0.690. The van der Waals surface area contributed by atoms with Gasteiger partial charge in [-0.25, -0.2) is 0 Å². The highest BCUT2D eigenvalue weighted by atomic mass is 35.5. The van der Waals surface area contributed by atoms with Crippen LogP contribution in [0.3, 0.4) is 0 Å². The predicted octanol–water partition coefficient (Wildman–Crippen LogP) is 1.92. The average molecular weight is 325 g/mol. The van der Waals surface area contributed by atoms with Crippen LogP contribution in [0.25, 0.3) is 0 Å². The zero-order valence-corrected chi connectivity index (χ0v) is 13.7. The van der Waals surface area contributed by atoms with E-state index in [4.69, 9.17) is 30.5 Å². The molecule has 0 saturated carbocycles. The average Bonchev–Trinajstić information content (AvgIpc) is 2.33. The molecule has 0 radical (unpaired) electrons. The van der Waals surface area contributed by atoms with Gasteiger partial charge < -0.3 is 18.9 Å². The molecule has 0 heterocycles. The van der Waals surface area contributed by atoms with Crippen molar-refractivity contribution >= 4 is 22.8 Å². The van der Waals surface area contributed by atoms with Gasteiger partial charge in [0.25, 0.3) is 0 Å². The van der Waals surface area contributed by atoms with Crippen LogP contribution in [0.2, 0.25) is 0 Å². The first-order chi connectivity index (χ1) is 9.81. The van der Waals surface area contributed by atoms with Crippen LogP contribution in [0.1, 0.15) is 33.6 Å². The van der Waals surface area contributed by atoms with Gasteiger partial charge in [-0.05, 0) is 32.4 Å². The minimum absolute atomic E-state index is 0.204. The molecule has 21 heavy (non-hydrogen) atoms. The molecule has 0 atom stereocenters. The summed E-state index contributed by atoms with van der Waals surface area (Å²) in [7, 11) is 0. The van der Waals surface area contributed by atoms with Crippen LogP contribution in [0.5, 0.6) is 0 Å². The van der Waals surface area contributed by atoms with Crippen LogP contribution in [0.4, 0.5) is 0 Å². The van der Waals surface area contributed by atoms with Crippen molar-refractivity contribution in [2.45, 2.75) is 39.2 Å². The summed E-state index contributed by atoms with van der Waals surface area (Å²) in [6.07, 6.45) is 0.433. The summed E-state index contributed by atoms with van der Waals surface area (Å²) in [5, 5.41) is -0.408. The predicted molar refractivity (Wildman–Crippen MR) is 78.4 cm³/mol. The zero-order chi connectivity index (χ0) is 16.1. The standard InChI is InChI=1S/C14H25ClO6/c1-14(2,3)21-13(17)5-7-19-9-11-20-10-8-18-6-4-12(15)16/h4-11H2,1-3H3. The molecule has 0 aliphatic carbocycles. The van der Waals surface area contributed by atoms with E-state index >= 15 is 0 Å². The first-order valence-electron chi connectivity index (χ1n) is 6.94. The van der Waals surface area contributed by atoms with Crippen LogP contribution in [-0.2, 0) is 28.5 Å². The van der Waals surface area contributed by atoms with Crippen molar-refractivity contribution in [3.63, 3.8) is 0 Å². The second-order valence-electron chi connectivity index (χ2n) is 5.28. The van der Waals surface area contributed by atoms with Crippen LogP contribution in [0, 0.1) is 0 Å². The Bertz CT molecular complexity index is 300. The van der Waals surface area contributed by atoms with E-state index < -0.39 is 10.8 Å². The highest BCUT2D eigenvalue weighted by Crippen LogP contribution is 2.07. The van der Waals surface area contributed by atoms with Crippen molar-refractivity contribution in [3.05, 3.63) is 0 Å². The molecule has 0 aromatic rings. The summed E-state index contributed by atoms with van der Waals surface area (Å²) >= 11 is 5.15. The van der Waals surface area contributed by atoms with E-state index in [1.165, 1.54) is 0 Å². The number of carbonyl (C=O) groups excluding carboxylic acids is 2. The summed E-state index contributed by atoms with van der Waals surface area (Å²) in [5.41, 5.74) is -0.464. The largest absolute Gasteiger partial charge is 0.460 e. The van der Waals surface area contributed by atoms with E-state index in [1.54, 1.807) is 0 Å². The molecule has 0 amide bonds. The van der Waals surface area contributed by atoms with E-state index in [0.29, 0.717) is 39.6 Å². The van der Waals surface area contributed by atoms with Crippen molar-refractivity contribution in [1.82, 2.24) is 0 Å². The van der Waals surface area contributed by atoms with Gasteiger partial charge in [0, 0.05) is 6.42 Å². The number of rotatable bonds is 12. The Morgan fingerprint density at radius 2 is 1.24 bits per heavy atom. The quantitative estimate of drug-likeness (QED) is 0.310. The SMILES string of the molecule is CC(C)(C)OC(=O)CCOCCOCCOCCC(=O)Cl. The Morgan fingerprint density at radius 3 is 1.67 bits per heavy atom. The lowest BCUT2D eigenvalue weighted by molar-refractivity contribution is -0.156. The van der Waals surface area contributed by atoms with E-state index in [-0.39, 0.29) is 18.8 Å². The summed E-state index contributed by atoms with van der Waals surface area (Å²) in [6, 6.07) is 0. The van der Waals surface area contributed by atoms with Gasteiger partial charge in [0.1, 0.15) is 5.60 Å². The third kappa shape index (κ3) is 17.3. The van der Waals surface area contributed by atoms with Gasteiger partial charge in [-0.3, -0.25) is 9.59 Å². The number of halogens is 1. The summed E-state index contributed by atoms with van der Waals surface area (Å²) in [6.45, 7) is 7.74. The molecule has 0 aliphatic heterocycles. The minimum atomic E-state index is -0.464. The van der Waals surface area contributed by atoms with Crippen molar-refractivity contribution in [2.24, 2.45) is 0 Å². The van der Waals surface area contributed by atoms with Crippen molar-refractivity contribution in [1.29, 1.82) is 0 Å². The van der Waals surface area contributed by atoms with Gasteiger partial charge in [0.2, 0.25) is 5.24 Å².